The summed E-state index contributed by atoms with van der Waals surface area (Å²) in [6.45, 7) is 3.41. The molecule has 3 aliphatic rings. The third kappa shape index (κ3) is 3.79. The van der Waals surface area contributed by atoms with Gasteiger partial charge in [-0.15, -0.1) is 0 Å². The highest BCUT2D eigenvalue weighted by Gasteiger charge is 2.40. The minimum absolute atomic E-state index is 0.385. The monoisotopic (exact) mass is 316 g/mol. The van der Waals surface area contributed by atoms with Crippen LogP contribution in [0, 0.1) is 5.92 Å². The highest BCUT2D eigenvalue weighted by Crippen LogP contribution is 2.38. The van der Waals surface area contributed by atoms with Gasteiger partial charge in [0.1, 0.15) is 0 Å². The molecule has 108 valence electrons. The largest absolute Gasteiger partial charge is 0.359 e. The van der Waals surface area contributed by atoms with Gasteiger partial charge >= 0.3 is 0 Å². The summed E-state index contributed by atoms with van der Waals surface area (Å²) in [6.07, 6.45) is 5.48. The van der Waals surface area contributed by atoms with Gasteiger partial charge in [0.05, 0.1) is 6.54 Å². The maximum atomic E-state index is 4.86. The SMILES string of the molecule is CC1CCCC2(CSC(=NCC3CSCCS3)N2)C1. The van der Waals surface area contributed by atoms with Gasteiger partial charge in [0.25, 0.3) is 0 Å². The number of rotatable bonds is 2. The number of aliphatic imine (C=N–C) groups is 1. The molecule has 2 heterocycles. The molecule has 0 amide bonds. The van der Waals surface area contributed by atoms with Crippen LogP contribution in [0.1, 0.15) is 32.6 Å². The molecule has 0 radical (unpaired) electrons. The summed E-state index contributed by atoms with van der Waals surface area (Å²) in [5, 5.41) is 5.75. The first-order valence-corrected chi connectivity index (χ1v) is 10.6. The van der Waals surface area contributed by atoms with E-state index in [-0.39, 0.29) is 0 Å². The molecule has 3 rings (SSSR count). The lowest BCUT2D eigenvalue weighted by atomic mass is 9.78. The second kappa shape index (κ2) is 6.52. The average Bonchev–Trinajstić information content (AvgIpc) is 2.80. The van der Waals surface area contributed by atoms with Gasteiger partial charge in [-0.1, -0.05) is 31.5 Å². The summed E-state index contributed by atoms with van der Waals surface area (Å²) < 4.78 is 0. The van der Waals surface area contributed by atoms with Crippen LogP contribution in [0.4, 0.5) is 0 Å². The Labute approximate surface area is 129 Å². The first-order valence-electron chi connectivity index (χ1n) is 7.41. The number of thioether (sulfide) groups is 3. The molecule has 0 bridgehead atoms. The van der Waals surface area contributed by atoms with E-state index in [0.717, 1.165) is 17.7 Å². The van der Waals surface area contributed by atoms with E-state index in [1.807, 2.05) is 11.8 Å². The van der Waals surface area contributed by atoms with Crippen molar-refractivity contribution in [2.75, 3.05) is 29.6 Å². The smallest absolute Gasteiger partial charge is 0.157 e. The molecule has 0 aromatic rings. The number of nitrogens with one attached hydrogen (secondary N) is 1. The second-order valence-electron chi connectivity index (χ2n) is 6.11. The van der Waals surface area contributed by atoms with Crippen molar-refractivity contribution >= 4 is 40.5 Å². The van der Waals surface area contributed by atoms with Gasteiger partial charge in [0.15, 0.2) is 5.17 Å². The summed E-state index contributed by atoms with van der Waals surface area (Å²) >= 11 is 6.16. The molecule has 1 spiro atoms. The summed E-state index contributed by atoms with van der Waals surface area (Å²) in [6, 6.07) is 0. The lowest BCUT2D eigenvalue weighted by Crippen LogP contribution is -2.47. The Bertz CT molecular complexity index is 342. The van der Waals surface area contributed by atoms with Crippen LogP contribution >= 0.6 is 35.3 Å². The van der Waals surface area contributed by atoms with Gasteiger partial charge in [-0.25, -0.2) is 0 Å². The highest BCUT2D eigenvalue weighted by atomic mass is 32.2. The first-order chi connectivity index (χ1) is 9.26. The van der Waals surface area contributed by atoms with Crippen LogP contribution in [0.15, 0.2) is 4.99 Å². The molecular formula is C14H24N2S3. The fourth-order valence-electron chi connectivity index (χ4n) is 3.32. The molecule has 2 saturated heterocycles. The molecule has 3 atom stereocenters. The van der Waals surface area contributed by atoms with Crippen LogP contribution in [-0.4, -0.2) is 45.5 Å². The average molecular weight is 317 g/mol. The minimum atomic E-state index is 0.385. The van der Waals surface area contributed by atoms with Crippen molar-refractivity contribution < 1.29 is 0 Å². The lowest BCUT2D eigenvalue weighted by molar-refractivity contribution is 0.242. The Morgan fingerprint density at radius 2 is 2.37 bits per heavy atom. The molecule has 0 aromatic carbocycles. The summed E-state index contributed by atoms with van der Waals surface area (Å²) in [4.78, 5) is 4.86. The fraction of sp³-hybridized carbons (Fsp3) is 0.929. The van der Waals surface area contributed by atoms with Crippen LogP contribution in [0.25, 0.3) is 0 Å². The van der Waals surface area contributed by atoms with Crippen LogP contribution in [0.5, 0.6) is 0 Å². The molecule has 1 saturated carbocycles. The van der Waals surface area contributed by atoms with Crippen molar-refractivity contribution in [3.8, 4) is 0 Å². The Balaban J connectivity index is 1.53. The van der Waals surface area contributed by atoms with Crippen molar-refractivity contribution in [3.05, 3.63) is 0 Å². The maximum absolute atomic E-state index is 4.86. The van der Waals surface area contributed by atoms with Gasteiger partial charge in [-0.2, -0.15) is 23.5 Å². The third-order valence-corrected chi connectivity index (χ3v) is 8.30. The summed E-state index contributed by atoms with van der Waals surface area (Å²) in [5.41, 5.74) is 0.385. The molecule has 1 N–H and O–H groups in total. The zero-order valence-corrected chi connectivity index (χ0v) is 14.1. The topological polar surface area (TPSA) is 24.4 Å². The van der Waals surface area contributed by atoms with Crippen molar-refractivity contribution in [2.24, 2.45) is 10.9 Å². The van der Waals surface area contributed by atoms with Gasteiger partial charge in [0, 0.05) is 33.8 Å². The van der Waals surface area contributed by atoms with Crippen LogP contribution < -0.4 is 5.32 Å². The molecule has 3 fully saturated rings. The molecule has 5 heteroatoms. The number of hydrogen-bond acceptors (Lipinski definition) is 4. The third-order valence-electron chi connectivity index (χ3n) is 4.27. The lowest BCUT2D eigenvalue weighted by Gasteiger charge is -2.36. The summed E-state index contributed by atoms with van der Waals surface area (Å²) in [5.74, 6) is 6.04. The van der Waals surface area contributed by atoms with Crippen molar-refractivity contribution in [3.63, 3.8) is 0 Å². The van der Waals surface area contributed by atoms with Gasteiger partial charge in [0.2, 0.25) is 0 Å². The Morgan fingerprint density at radius 3 is 3.16 bits per heavy atom. The van der Waals surface area contributed by atoms with Gasteiger partial charge in [-0.05, 0) is 18.8 Å². The Hall–Kier alpha value is 0.520. The van der Waals surface area contributed by atoms with Gasteiger partial charge in [-0.3, -0.25) is 4.99 Å². The first kappa shape index (κ1) is 14.5. The van der Waals surface area contributed by atoms with Crippen LogP contribution in [0.3, 0.4) is 0 Å². The van der Waals surface area contributed by atoms with E-state index >= 15 is 0 Å². The quantitative estimate of drug-likeness (QED) is 0.843. The minimum Gasteiger partial charge on any atom is -0.359 e. The van der Waals surface area contributed by atoms with E-state index in [4.69, 9.17) is 4.99 Å². The highest BCUT2D eigenvalue weighted by molar-refractivity contribution is 8.14. The van der Waals surface area contributed by atoms with E-state index in [9.17, 15) is 0 Å². The Kier molecular flexibility index (Phi) is 4.96. The number of hydrogen-bond donors (Lipinski definition) is 1. The normalized spacial score (nSPS) is 41.6. The fourth-order valence-corrected chi connectivity index (χ4v) is 7.10. The van der Waals surface area contributed by atoms with Crippen molar-refractivity contribution in [2.45, 2.75) is 43.4 Å². The standard InChI is InChI=1S/C14H24N2S3/c1-11-3-2-4-14(7-11)10-19-13(16-14)15-8-12-9-17-5-6-18-12/h11-12H,2-10H2,1H3,(H,15,16). The molecule has 1 aliphatic carbocycles. The zero-order valence-electron chi connectivity index (χ0n) is 11.7. The number of nitrogens with zero attached hydrogens (tertiary/aromatic N) is 1. The molecule has 3 unspecified atom stereocenters. The predicted octanol–water partition coefficient (Wildman–Crippen LogP) is 3.48. The van der Waals surface area contributed by atoms with Crippen LogP contribution in [-0.2, 0) is 0 Å². The zero-order chi connectivity index (χ0) is 13.1. The number of amidine groups is 1. The van der Waals surface area contributed by atoms with E-state index in [1.165, 1.54) is 53.9 Å². The predicted molar refractivity (Wildman–Crippen MR) is 91.8 cm³/mol. The molecular weight excluding hydrogens is 292 g/mol. The molecule has 19 heavy (non-hydrogen) atoms. The summed E-state index contributed by atoms with van der Waals surface area (Å²) in [7, 11) is 0. The van der Waals surface area contributed by atoms with E-state index < -0.39 is 0 Å². The maximum Gasteiger partial charge on any atom is 0.157 e. The van der Waals surface area contributed by atoms with Crippen molar-refractivity contribution in [1.82, 2.24) is 5.32 Å². The van der Waals surface area contributed by atoms with Crippen molar-refractivity contribution in [1.29, 1.82) is 0 Å². The van der Waals surface area contributed by atoms with Gasteiger partial charge < -0.3 is 5.32 Å². The Morgan fingerprint density at radius 1 is 1.42 bits per heavy atom. The molecule has 2 nitrogen and oxygen atoms in total. The molecule has 2 aliphatic heterocycles. The van der Waals surface area contributed by atoms with E-state index in [0.29, 0.717) is 5.54 Å². The van der Waals surface area contributed by atoms with Crippen LogP contribution in [0.2, 0.25) is 0 Å². The molecule has 0 aromatic heterocycles. The van der Waals surface area contributed by atoms with E-state index in [1.54, 1.807) is 0 Å². The van der Waals surface area contributed by atoms with E-state index in [2.05, 4.69) is 35.8 Å². The second-order valence-corrected chi connectivity index (χ2v) is 9.63.